The third kappa shape index (κ3) is 3.06. The van der Waals surface area contributed by atoms with Crippen LogP contribution in [0, 0.1) is 6.92 Å². The molecule has 0 unspecified atom stereocenters. The quantitative estimate of drug-likeness (QED) is 0.739. The van der Waals surface area contributed by atoms with Gasteiger partial charge in [0.2, 0.25) is 0 Å². The molecule has 0 atom stereocenters. The van der Waals surface area contributed by atoms with Crippen LogP contribution in [0.15, 0.2) is 18.3 Å². The Labute approximate surface area is 91.4 Å². The Bertz CT molecular complexity index is 336. The highest BCUT2D eigenvalue weighted by Crippen LogP contribution is 2.22. The fourth-order valence-corrected chi connectivity index (χ4v) is 1.63. The van der Waals surface area contributed by atoms with Gasteiger partial charge in [0, 0.05) is 11.8 Å². The van der Waals surface area contributed by atoms with Gasteiger partial charge in [-0.1, -0.05) is 6.08 Å². The van der Waals surface area contributed by atoms with E-state index in [4.69, 9.17) is 5.73 Å². The number of allylic oxidation sites excluding steroid dienone is 1. The van der Waals surface area contributed by atoms with Crippen molar-refractivity contribution in [2.45, 2.75) is 20.3 Å². The van der Waals surface area contributed by atoms with E-state index in [2.05, 4.69) is 30.2 Å². The van der Waals surface area contributed by atoms with Crippen LogP contribution >= 0.6 is 0 Å². The van der Waals surface area contributed by atoms with Gasteiger partial charge in [-0.25, -0.2) is 4.98 Å². The van der Waals surface area contributed by atoms with Gasteiger partial charge >= 0.3 is 0 Å². The molecular weight excluding hydrogens is 186 g/mol. The van der Waals surface area contributed by atoms with Crippen LogP contribution in [0.3, 0.4) is 0 Å². The van der Waals surface area contributed by atoms with Gasteiger partial charge in [-0.05, 0) is 51.1 Å². The second kappa shape index (κ2) is 5.51. The Morgan fingerprint density at radius 3 is 2.93 bits per heavy atom. The average molecular weight is 205 g/mol. The highest BCUT2D eigenvalue weighted by Gasteiger charge is 2.05. The largest absolute Gasteiger partial charge is 0.383 e. The lowest BCUT2D eigenvalue weighted by Gasteiger charge is -2.08. The topological polar surface area (TPSA) is 50.9 Å². The van der Waals surface area contributed by atoms with Crippen molar-refractivity contribution in [1.29, 1.82) is 0 Å². The molecule has 0 bridgehead atoms. The molecule has 82 valence electrons. The Morgan fingerprint density at radius 2 is 2.33 bits per heavy atom. The maximum absolute atomic E-state index is 5.86. The first kappa shape index (κ1) is 11.7. The van der Waals surface area contributed by atoms with E-state index in [1.54, 1.807) is 6.20 Å². The number of hydrogen-bond donors (Lipinski definition) is 2. The van der Waals surface area contributed by atoms with Crippen LogP contribution in [-0.2, 0) is 0 Å². The van der Waals surface area contributed by atoms with Gasteiger partial charge in [0.05, 0.1) is 0 Å². The molecule has 0 radical (unpaired) electrons. The minimum Gasteiger partial charge on any atom is -0.383 e. The fourth-order valence-electron chi connectivity index (χ4n) is 1.63. The zero-order chi connectivity index (χ0) is 11.3. The molecule has 0 aromatic carbocycles. The Kier molecular flexibility index (Phi) is 4.31. The maximum atomic E-state index is 5.86. The van der Waals surface area contributed by atoms with Crippen LogP contribution in [0.25, 0.3) is 5.57 Å². The smallest absolute Gasteiger partial charge is 0.131 e. The van der Waals surface area contributed by atoms with E-state index in [-0.39, 0.29) is 0 Å². The summed E-state index contributed by atoms with van der Waals surface area (Å²) < 4.78 is 0. The van der Waals surface area contributed by atoms with Crippen molar-refractivity contribution in [2.24, 2.45) is 0 Å². The first-order chi connectivity index (χ1) is 7.16. The monoisotopic (exact) mass is 205 g/mol. The lowest BCUT2D eigenvalue weighted by atomic mass is 10.0. The maximum Gasteiger partial charge on any atom is 0.131 e. The molecule has 1 aromatic heterocycles. The molecule has 1 heterocycles. The number of rotatable bonds is 4. The van der Waals surface area contributed by atoms with Crippen molar-refractivity contribution in [1.82, 2.24) is 10.3 Å². The number of nitrogen functional groups attached to an aromatic ring is 1. The number of nitrogens with one attached hydrogen (secondary N) is 1. The molecule has 0 aliphatic heterocycles. The Balaban J connectivity index is 2.90. The zero-order valence-electron chi connectivity index (χ0n) is 9.67. The van der Waals surface area contributed by atoms with E-state index in [0.717, 1.165) is 18.5 Å². The SMILES string of the molecule is CNCCC=C(C)c1c(C)ccnc1N. The van der Waals surface area contributed by atoms with E-state index in [0.29, 0.717) is 5.82 Å². The van der Waals surface area contributed by atoms with E-state index in [1.165, 1.54) is 11.1 Å². The molecule has 0 saturated heterocycles. The van der Waals surface area contributed by atoms with E-state index >= 15 is 0 Å². The molecule has 0 spiro atoms. The zero-order valence-corrected chi connectivity index (χ0v) is 9.67. The van der Waals surface area contributed by atoms with Crippen LogP contribution in [0.5, 0.6) is 0 Å². The number of aromatic nitrogens is 1. The van der Waals surface area contributed by atoms with E-state index < -0.39 is 0 Å². The van der Waals surface area contributed by atoms with Crippen molar-refractivity contribution >= 4 is 11.4 Å². The molecule has 3 N–H and O–H groups in total. The first-order valence-corrected chi connectivity index (χ1v) is 5.19. The Hall–Kier alpha value is -1.35. The first-order valence-electron chi connectivity index (χ1n) is 5.19. The fraction of sp³-hybridized carbons (Fsp3) is 0.417. The van der Waals surface area contributed by atoms with Crippen LogP contribution in [0.4, 0.5) is 5.82 Å². The van der Waals surface area contributed by atoms with Crippen molar-refractivity contribution in [3.8, 4) is 0 Å². The molecule has 0 saturated carbocycles. The van der Waals surface area contributed by atoms with Crippen molar-refractivity contribution < 1.29 is 0 Å². The highest BCUT2D eigenvalue weighted by molar-refractivity contribution is 5.73. The standard InChI is InChI=1S/C12H19N3/c1-9(5-4-7-14-3)11-10(2)6-8-15-12(11)13/h5-6,8,14H,4,7H2,1-3H3,(H2,13,15). The summed E-state index contributed by atoms with van der Waals surface area (Å²) in [4.78, 5) is 4.11. The summed E-state index contributed by atoms with van der Waals surface area (Å²) >= 11 is 0. The summed E-state index contributed by atoms with van der Waals surface area (Å²) in [6.07, 6.45) is 4.95. The average Bonchev–Trinajstić information content (AvgIpc) is 2.18. The third-order valence-electron chi connectivity index (χ3n) is 2.43. The predicted octanol–water partition coefficient (Wildman–Crippen LogP) is 1.99. The molecule has 15 heavy (non-hydrogen) atoms. The second-order valence-electron chi connectivity index (χ2n) is 3.67. The molecule has 3 nitrogen and oxygen atoms in total. The number of anilines is 1. The molecule has 0 aliphatic rings. The van der Waals surface area contributed by atoms with E-state index in [9.17, 15) is 0 Å². The molecule has 1 aromatic rings. The van der Waals surface area contributed by atoms with Gasteiger partial charge in [0.1, 0.15) is 5.82 Å². The minimum absolute atomic E-state index is 0.619. The van der Waals surface area contributed by atoms with Crippen LogP contribution in [0.1, 0.15) is 24.5 Å². The van der Waals surface area contributed by atoms with Gasteiger partial charge < -0.3 is 11.1 Å². The van der Waals surface area contributed by atoms with Crippen LogP contribution < -0.4 is 11.1 Å². The van der Waals surface area contributed by atoms with Gasteiger partial charge in [-0.3, -0.25) is 0 Å². The molecule has 0 fully saturated rings. The number of pyridine rings is 1. The number of hydrogen-bond acceptors (Lipinski definition) is 3. The van der Waals surface area contributed by atoms with Crippen LogP contribution in [-0.4, -0.2) is 18.6 Å². The molecule has 0 aliphatic carbocycles. The van der Waals surface area contributed by atoms with Gasteiger partial charge in [-0.15, -0.1) is 0 Å². The molecular formula is C12H19N3. The molecule has 3 heteroatoms. The molecule has 1 rings (SSSR count). The summed E-state index contributed by atoms with van der Waals surface area (Å²) in [5.74, 6) is 0.619. The highest BCUT2D eigenvalue weighted by atomic mass is 14.8. The van der Waals surface area contributed by atoms with Gasteiger partial charge in [0.15, 0.2) is 0 Å². The van der Waals surface area contributed by atoms with E-state index in [1.807, 2.05) is 13.1 Å². The lowest BCUT2D eigenvalue weighted by Crippen LogP contribution is -2.06. The van der Waals surface area contributed by atoms with Gasteiger partial charge in [-0.2, -0.15) is 0 Å². The Morgan fingerprint density at radius 1 is 1.60 bits per heavy atom. The molecule has 0 amide bonds. The summed E-state index contributed by atoms with van der Waals surface area (Å²) in [5.41, 5.74) is 9.32. The van der Waals surface area contributed by atoms with Crippen molar-refractivity contribution in [3.63, 3.8) is 0 Å². The predicted molar refractivity (Wildman–Crippen MR) is 65.6 cm³/mol. The minimum atomic E-state index is 0.619. The van der Waals surface area contributed by atoms with Gasteiger partial charge in [0.25, 0.3) is 0 Å². The van der Waals surface area contributed by atoms with Crippen molar-refractivity contribution in [3.05, 3.63) is 29.5 Å². The summed E-state index contributed by atoms with van der Waals surface area (Å²) in [5, 5.41) is 3.11. The summed E-state index contributed by atoms with van der Waals surface area (Å²) in [6.45, 7) is 5.12. The lowest BCUT2D eigenvalue weighted by molar-refractivity contribution is 0.808. The number of nitrogens with two attached hydrogens (primary N) is 1. The van der Waals surface area contributed by atoms with Crippen molar-refractivity contribution in [2.75, 3.05) is 19.3 Å². The third-order valence-corrected chi connectivity index (χ3v) is 2.43. The van der Waals surface area contributed by atoms with Crippen LogP contribution in [0.2, 0.25) is 0 Å². The second-order valence-corrected chi connectivity index (χ2v) is 3.67. The summed E-state index contributed by atoms with van der Waals surface area (Å²) in [6, 6.07) is 1.99. The normalized spacial score (nSPS) is 11.8. The number of nitrogens with zero attached hydrogens (tertiary/aromatic N) is 1. The summed E-state index contributed by atoms with van der Waals surface area (Å²) in [7, 11) is 1.95. The number of aryl methyl sites for hydroxylation is 1.